The molecule has 0 aromatic heterocycles. The number of piperidine rings is 1. The van der Waals surface area contributed by atoms with Gasteiger partial charge in [-0.25, -0.2) is 9.18 Å². The van der Waals surface area contributed by atoms with Crippen molar-refractivity contribution in [2.75, 3.05) is 32.8 Å². The number of nitrogens with zero attached hydrogens (tertiary/aromatic N) is 2. The van der Waals surface area contributed by atoms with E-state index in [1.54, 1.807) is 12.1 Å². The molecule has 160 valence electrons. The minimum atomic E-state index is -0.223. The molecule has 1 atom stereocenters. The fourth-order valence-corrected chi connectivity index (χ4v) is 4.71. The maximum Gasteiger partial charge on any atom is 0.410 e. The lowest BCUT2D eigenvalue weighted by Gasteiger charge is -2.38. The predicted molar refractivity (Wildman–Crippen MR) is 116 cm³/mol. The number of hydrogen-bond donors (Lipinski definition) is 0. The molecule has 0 radical (unpaired) electrons. The maximum absolute atomic E-state index is 13.5. The zero-order chi connectivity index (χ0) is 20.9. The van der Waals surface area contributed by atoms with E-state index in [1.807, 2.05) is 35.2 Å². The minimum Gasteiger partial charge on any atom is -0.449 e. The summed E-state index contributed by atoms with van der Waals surface area (Å²) in [5.41, 5.74) is 2.03. The number of hydrogen-bond acceptors (Lipinski definition) is 3. The van der Waals surface area contributed by atoms with Crippen molar-refractivity contribution < 1.29 is 13.9 Å². The first-order valence-electron chi connectivity index (χ1n) is 10.7. The molecule has 4 rings (SSSR count). The van der Waals surface area contributed by atoms with Crippen LogP contribution in [0.5, 0.6) is 0 Å². The van der Waals surface area contributed by atoms with Crippen LogP contribution >= 0.6 is 11.6 Å². The number of carbonyl (C=O) groups excluding carboxylic acids is 1. The van der Waals surface area contributed by atoms with E-state index < -0.39 is 0 Å². The van der Waals surface area contributed by atoms with E-state index in [1.165, 1.54) is 6.07 Å². The fourth-order valence-electron chi connectivity index (χ4n) is 4.51. The van der Waals surface area contributed by atoms with Crippen LogP contribution in [0.2, 0.25) is 5.02 Å². The third kappa shape index (κ3) is 5.52. The third-order valence-electron chi connectivity index (χ3n) is 6.14. The van der Waals surface area contributed by atoms with Crippen LogP contribution in [0.25, 0.3) is 0 Å². The van der Waals surface area contributed by atoms with E-state index in [4.69, 9.17) is 16.3 Å². The summed E-state index contributed by atoms with van der Waals surface area (Å²) in [6.45, 7) is 4.77. The molecule has 1 unspecified atom stereocenters. The number of amides is 1. The molecule has 2 aliphatic rings. The largest absolute Gasteiger partial charge is 0.449 e. The van der Waals surface area contributed by atoms with Crippen molar-refractivity contribution in [3.8, 4) is 0 Å². The first-order chi connectivity index (χ1) is 14.6. The van der Waals surface area contributed by atoms with E-state index >= 15 is 0 Å². The maximum atomic E-state index is 13.5. The van der Waals surface area contributed by atoms with Crippen molar-refractivity contribution in [2.45, 2.75) is 25.8 Å². The van der Waals surface area contributed by atoms with Crippen LogP contribution in [0.15, 0.2) is 48.5 Å². The van der Waals surface area contributed by atoms with Gasteiger partial charge in [-0.2, -0.15) is 0 Å². The highest BCUT2D eigenvalue weighted by Crippen LogP contribution is 2.27. The molecule has 0 spiro atoms. The summed E-state index contributed by atoms with van der Waals surface area (Å²) in [6.07, 6.45) is 2.76. The van der Waals surface area contributed by atoms with Gasteiger partial charge in [-0.1, -0.05) is 41.9 Å². The summed E-state index contributed by atoms with van der Waals surface area (Å²) >= 11 is 6.23. The Morgan fingerprint density at radius 3 is 2.60 bits per heavy atom. The summed E-state index contributed by atoms with van der Waals surface area (Å²) in [7, 11) is 0. The van der Waals surface area contributed by atoms with E-state index in [0.717, 1.165) is 56.6 Å². The van der Waals surface area contributed by atoms with Gasteiger partial charge in [0, 0.05) is 30.6 Å². The molecule has 0 aliphatic carbocycles. The van der Waals surface area contributed by atoms with Crippen LogP contribution in [0.1, 0.15) is 24.0 Å². The molecular formula is C24H28ClFN2O2. The van der Waals surface area contributed by atoms with E-state index in [0.29, 0.717) is 30.0 Å². The fraction of sp³-hybridized carbons (Fsp3) is 0.458. The standard InChI is InChI=1S/C24H28ClFN2O2/c25-23-7-6-22(26)13-21(23)12-18-8-10-27(11-9-18)14-20-16-28(24(29)30-17-20)15-19-4-2-1-3-5-19/h1-7,13,18,20H,8-12,14-17H2. The van der Waals surface area contributed by atoms with Crippen LogP contribution in [0.3, 0.4) is 0 Å². The second-order valence-corrected chi connectivity index (χ2v) is 8.90. The number of likely N-dealkylation sites (tertiary alicyclic amines) is 1. The number of rotatable bonds is 6. The Hall–Kier alpha value is -2.11. The van der Waals surface area contributed by atoms with Gasteiger partial charge in [0.25, 0.3) is 0 Å². The SMILES string of the molecule is O=C1OCC(CN2CCC(Cc3cc(F)ccc3Cl)CC2)CN1Cc1ccccc1. The van der Waals surface area contributed by atoms with Crippen molar-refractivity contribution >= 4 is 17.7 Å². The van der Waals surface area contributed by atoms with E-state index in [2.05, 4.69) is 4.90 Å². The van der Waals surface area contributed by atoms with Crippen LogP contribution in [0, 0.1) is 17.7 Å². The molecule has 0 N–H and O–H groups in total. The Balaban J connectivity index is 1.25. The molecule has 2 saturated heterocycles. The number of halogens is 2. The highest BCUT2D eigenvalue weighted by molar-refractivity contribution is 6.31. The molecular weight excluding hydrogens is 403 g/mol. The van der Waals surface area contributed by atoms with Gasteiger partial charge in [0.05, 0.1) is 6.61 Å². The highest BCUT2D eigenvalue weighted by Gasteiger charge is 2.30. The van der Waals surface area contributed by atoms with Crippen molar-refractivity contribution in [2.24, 2.45) is 11.8 Å². The lowest BCUT2D eigenvalue weighted by molar-refractivity contribution is 0.0242. The Morgan fingerprint density at radius 1 is 1.07 bits per heavy atom. The summed E-state index contributed by atoms with van der Waals surface area (Å²) in [4.78, 5) is 16.4. The molecule has 1 amide bonds. The summed E-state index contributed by atoms with van der Waals surface area (Å²) in [6, 6.07) is 14.6. The van der Waals surface area contributed by atoms with Crippen LogP contribution in [-0.4, -0.2) is 48.7 Å². The zero-order valence-electron chi connectivity index (χ0n) is 17.1. The molecule has 2 aromatic carbocycles. The number of benzene rings is 2. The first-order valence-corrected chi connectivity index (χ1v) is 11.1. The van der Waals surface area contributed by atoms with E-state index in [9.17, 15) is 9.18 Å². The number of cyclic esters (lactones) is 1. The van der Waals surface area contributed by atoms with Crippen molar-refractivity contribution in [1.29, 1.82) is 0 Å². The normalized spacial score (nSPS) is 20.9. The van der Waals surface area contributed by atoms with Gasteiger partial charge in [-0.05, 0) is 67.6 Å². The quantitative estimate of drug-likeness (QED) is 0.646. The van der Waals surface area contributed by atoms with E-state index in [-0.39, 0.29) is 11.9 Å². The van der Waals surface area contributed by atoms with Crippen molar-refractivity contribution in [1.82, 2.24) is 9.80 Å². The summed E-state index contributed by atoms with van der Waals surface area (Å²) in [5, 5.41) is 0.654. The second-order valence-electron chi connectivity index (χ2n) is 8.49. The summed E-state index contributed by atoms with van der Waals surface area (Å²) < 4.78 is 19.0. The smallest absolute Gasteiger partial charge is 0.410 e. The molecule has 2 aliphatic heterocycles. The Bertz CT molecular complexity index is 856. The molecule has 0 bridgehead atoms. The topological polar surface area (TPSA) is 32.8 Å². The summed E-state index contributed by atoms with van der Waals surface area (Å²) in [5.74, 6) is 0.624. The molecule has 6 heteroatoms. The average Bonchev–Trinajstić information content (AvgIpc) is 2.75. The van der Waals surface area contributed by atoms with Gasteiger partial charge in [0.15, 0.2) is 0 Å². The second kappa shape index (κ2) is 9.80. The minimum absolute atomic E-state index is 0.221. The molecule has 2 heterocycles. The Labute approximate surface area is 182 Å². The van der Waals surface area contributed by atoms with Crippen LogP contribution < -0.4 is 0 Å². The molecule has 4 nitrogen and oxygen atoms in total. The average molecular weight is 431 g/mol. The zero-order valence-corrected chi connectivity index (χ0v) is 17.9. The first kappa shape index (κ1) is 21.1. The van der Waals surface area contributed by atoms with Gasteiger partial charge in [-0.15, -0.1) is 0 Å². The van der Waals surface area contributed by atoms with Gasteiger partial charge < -0.3 is 14.5 Å². The third-order valence-corrected chi connectivity index (χ3v) is 6.50. The predicted octanol–water partition coefficient (Wildman–Crippen LogP) is 5.00. The van der Waals surface area contributed by atoms with Crippen molar-refractivity contribution in [3.63, 3.8) is 0 Å². The monoisotopic (exact) mass is 430 g/mol. The van der Waals surface area contributed by atoms with Gasteiger partial charge in [0.2, 0.25) is 0 Å². The van der Waals surface area contributed by atoms with Crippen LogP contribution in [-0.2, 0) is 17.7 Å². The molecule has 30 heavy (non-hydrogen) atoms. The molecule has 2 aromatic rings. The van der Waals surface area contributed by atoms with Crippen molar-refractivity contribution in [3.05, 3.63) is 70.5 Å². The number of ether oxygens (including phenoxy) is 1. The number of carbonyl (C=O) groups is 1. The van der Waals surface area contributed by atoms with Gasteiger partial charge in [-0.3, -0.25) is 0 Å². The Morgan fingerprint density at radius 2 is 1.83 bits per heavy atom. The Kier molecular flexibility index (Phi) is 6.90. The molecule has 2 fully saturated rings. The highest BCUT2D eigenvalue weighted by atomic mass is 35.5. The van der Waals surface area contributed by atoms with Gasteiger partial charge >= 0.3 is 6.09 Å². The lowest BCUT2D eigenvalue weighted by atomic mass is 9.89. The molecule has 0 saturated carbocycles. The lowest BCUT2D eigenvalue weighted by Crippen LogP contribution is -2.47. The van der Waals surface area contributed by atoms with Crippen LogP contribution in [0.4, 0.5) is 9.18 Å². The van der Waals surface area contributed by atoms with Gasteiger partial charge in [0.1, 0.15) is 5.82 Å².